The molecule has 1 aromatic heterocycles. The highest BCUT2D eigenvalue weighted by Gasteiger charge is 2.36. The summed E-state index contributed by atoms with van der Waals surface area (Å²) in [6.07, 6.45) is 3.38. The van der Waals surface area contributed by atoms with Crippen molar-refractivity contribution < 1.29 is 0 Å². The molecule has 1 N–H and O–H groups in total. The lowest BCUT2D eigenvalue weighted by molar-refractivity contribution is 0.226. The molecule has 3 saturated heterocycles. The Labute approximate surface area is 96.9 Å². The Morgan fingerprint density at radius 3 is 2.50 bits per heavy atom. The van der Waals surface area contributed by atoms with Crippen molar-refractivity contribution in [3.05, 3.63) is 24.0 Å². The summed E-state index contributed by atoms with van der Waals surface area (Å²) in [4.78, 5) is 6.98. The van der Waals surface area contributed by atoms with Gasteiger partial charge in [-0.3, -0.25) is 4.98 Å². The number of nitrogens with zero attached hydrogens (tertiary/aromatic N) is 2. The lowest BCUT2D eigenvalue weighted by atomic mass is 9.91. The van der Waals surface area contributed by atoms with Gasteiger partial charge < -0.3 is 10.2 Å². The molecule has 2 atom stereocenters. The van der Waals surface area contributed by atoms with E-state index in [1.165, 1.54) is 17.8 Å². The van der Waals surface area contributed by atoms with Gasteiger partial charge in [0.1, 0.15) is 0 Å². The molecule has 0 amide bonds. The van der Waals surface area contributed by atoms with Crippen molar-refractivity contribution in [1.82, 2.24) is 10.3 Å². The number of anilines is 1. The van der Waals surface area contributed by atoms with Crippen LogP contribution in [-0.4, -0.2) is 30.2 Å². The summed E-state index contributed by atoms with van der Waals surface area (Å²) in [5, 5.41) is 3.55. The molecule has 3 aliphatic heterocycles. The van der Waals surface area contributed by atoms with E-state index in [2.05, 4.69) is 41.2 Å². The number of hydrogen-bond donors (Lipinski definition) is 1. The van der Waals surface area contributed by atoms with E-state index in [1.54, 1.807) is 0 Å². The molecule has 0 aliphatic carbocycles. The predicted molar refractivity (Wildman–Crippen MR) is 65.9 cm³/mol. The van der Waals surface area contributed by atoms with E-state index >= 15 is 0 Å². The second-order valence-electron chi connectivity index (χ2n) is 5.30. The summed E-state index contributed by atoms with van der Waals surface area (Å²) < 4.78 is 0. The van der Waals surface area contributed by atoms with Gasteiger partial charge in [-0.25, -0.2) is 0 Å². The average Bonchev–Trinajstić information content (AvgIpc) is 2.28. The molecule has 0 spiro atoms. The maximum absolute atomic E-state index is 4.53. The van der Waals surface area contributed by atoms with Crippen molar-refractivity contribution in [2.75, 3.05) is 18.0 Å². The number of piperidine rings is 1. The van der Waals surface area contributed by atoms with Crippen LogP contribution in [0.25, 0.3) is 0 Å². The van der Waals surface area contributed by atoms with Gasteiger partial charge in [-0.1, -0.05) is 13.8 Å². The number of hydrogen-bond acceptors (Lipinski definition) is 3. The molecule has 3 aliphatic rings. The first-order chi connectivity index (χ1) is 7.72. The number of pyridine rings is 1. The van der Waals surface area contributed by atoms with Crippen LogP contribution in [0.4, 0.5) is 5.69 Å². The fourth-order valence-corrected chi connectivity index (χ4v) is 2.65. The molecule has 1 aromatic rings. The van der Waals surface area contributed by atoms with Crippen LogP contribution >= 0.6 is 0 Å². The summed E-state index contributed by atoms with van der Waals surface area (Å²) in [5.74, 6) is 0.519. The van der Waals surface area contributed by atoms with E-state index in [0.29, 0.717) is 18.0 Å². The van der Waals surface area contributed by atoms with E-state index in [4.69, 9.17) is 0 Å². The second kappa shape index (κ2) is 3.74. The molecule has 86 valence electrons. The van der Waals surface area contributed by atoms with Crippen LogP contribution < -0.4 is 10.2 Å². The smallest absolute Gasteiger partial charge is 0.0554 e. The third-order valence-electron chi connectivity index (χ3n) is 3.65. The first-order valence-corrected chi connectivity index (χ1v) is 6.19. The van der Waals surface area contributed by atoms with Crippen LogP contribution in [0, 0.1) is 0 Å². The van der Waals surface area contributed by atoms with Gasteiger partial charge in [-0.15, -0.1) is 0 Å². The summed E-state index contributed by atoms with van der Waals surface area (Å²) in [7, 11) is 0. The van der Waals surface area contributed by atoms with Crippen LogP contribution in [0.1, 0.15) is 31.9 Å². The molecule has 3 heteroatoms. The molecule has 2 bridgehead atoms. The molecule has 16 heavy (non-hydrogen) atoms. The van der Waals surface area contributed by atoms with Crippen LogP contribution in [0.3, 0.4) is 0 Å². The zero-order chi connectivity index (χ0) is 11.1. The second-order valence-corrected chi connectivity index (χ2v) is 5.30. The number of nitrogens with one attached hydrogen (secondary N) is 1. The Kier molecular flexibility index (Phi) is 2.36. The SMILES string of the molecule is CC(C)c1ccc(N2CC3CC(C2)N3)cn1. The molecule has 3 fully saturated rings. The minimum Gasteiger partial charge on any atom is -0.367 e. The maximum atomic E-state index is 4.53. The van der Waals surface area contributed by atoms with E-state index in [0.717, 1.165) is 13.1 Å². The van der Waals surface area contributed by atoms with Crippen molar-refractivity contribution in [3.63, 3.8) is 0 Å². The first kappa shape index (κ1) is 10.1. The van der Waals surface area contributed by atoms with Gasteiger partial charge in [0, 0.05) is 30.9 Å². The number of aromatic nitrogens is 1. The quantitative estimate of drug-likeness (QED) is 0.818. The predicted octanol–water partition coefficient (Wildman–Crippen LogP) is 1.76. The van der Waals surface area contributed by atoms with Gasteiger partial charge >= 0.3 is 0 Å². The topological polar surface area (TPSA) is 28.2 Å². The highest BCUT2D eigenvalue weighted by atomic mass is 15.3. The Hall–Kier alpha value is -1.09. The highest BCUT2D eigenvalue weighted by Crippen LogP contribution is 2.26. The Morgan fingerprint density at radius 1 is 1.31 bits per heavy atom. The molecule has 0 radical (unpaired) electrons. The van der Waals surface area contributed by atoms with Crippen LogP contribution in [0.2, 0.25) is 0 Å². The van der Waals surface area contributed by atoms with E-state index < -0.39 is 0 Å². The zero-order valence-corrected chi connectivity index (χ0v) is 9.98. The van der Waals surface area contributed by atoms with E-state index in [9.17, 15) is 0 Å². The standard InChI is InChI=1S/C13H19N3/c1-9(2)13-4-3-12(6-14-13)16-7-10-5-11(8-16)15-10/h3-4,6,9-11,15H,5,7-8H2,1-2H3. The minimum absolute atomic E-state index is 0.519. The monoisotopic (exact) mass is 217 g/mol. The summed E-state index contributed by atoms with van der Waals surface area (Å²) in [6.45, 7) is 6.64. The molecule has 0 saturated carbocycles. The summed E-state index contributed by atoms with van der Waals surface area (Å²) in [6, 6.07) is 5.80. The molecule has 2 unspecified atom stereocenters. The molecule has 0 aromatic carbocycles. The fourth-order valence-electron chi connectivity index (χ4n) is 2.65. The maximum Gasteiger partial charge on any atom is 0.0554 e. The molecule has 4 rings (SSSR count). The molecular weight excluding hydrogens is 198 g/mol. The minimum atomic E-state index is 0.519. The number of rotatable bonds is 2. The van der Waals surface area contributed by atoms with Gasteiger partial charge in [0.25, 0.3) is 0 Å². The lowest BCUT2D eigenvalue weighted by Crippen LogP contribution is -2.67. The third-order valence-corrected chi connectivity index (χ3v) is 3.65. The number of piperazine rings is 1. The summed E-state index contributed by atoms with van der Waals surface area (Å²) in [5.41, 5.74) is 2.46. The van der Waals surface area contributed by atoms with Crippen LogP contribution in [-0.2, 0) is 0 Å². The fraction of sp³-hybridized carbons (Fsp3) is 0.615. The van der Waals surface area contributed by atoms with Crippen molar-refractivity contribution in [3.8, 4) is 0 Å². The highest BCUT2D eigenvalue weighted by molar-refractivity contribution is 5.46. The number of fused-ring (bicyclic) bond motifs is 2. The summed E-state index contributed by atoms with van der Waals surface area (Å²) >= 11 is 0. The van der Waals surface area contributed by atoms with Gasteiger partial charge in [0.2, 0.25) is 0 Å². The first-order valence-electron chi connectivity index (χ1n) is 6.19. The normalized spacial score (nSPS) is 28.1. The van der Waals surface area contributed by atoms with Gasteiger partial charge in [0.05, 0.1) is 11.9 Å². The molecular formula is C13H19N3. The molecule has 3 nitrogen and oxygen atoms in total. The van der Waals surface area contributed by atoms with Gasteiger partial charge in [0.15, 0.2) is 0 Å². The van der Waals surface area contributed by atoms with Gasteiger partial charge in [-0.05, 0) is 24.5 Å². The van der Waals surface area contributed by atoms with Crippen LogP contribution in [0.15, 0.2) is 18.3 Å². The Bertz CT molecular complexity index is 355. The Balaban J connectivity index is 1.74. The Morgan fingerprint density at radius 2 is 2.00 bits per heavy atom. The lowest BCUT2D eigenvalue weighted by Gasteiger charge is -2.49. The van der Waals surface area contributed by atoms with E-state index in [-0.39, 0.29) is 0 Å². The van der Waals surface area contributed by atoms with Crippen molar-refractivity contribution in [1.29, 1.82) is 0 Å². The van der Waals surface area contributed by atoms with Crippen molar-refractivity contribution >= 4 is 5.69 Å². The largest absolute Gasteiger partial charge is 0.367 e. The van der Waals surface area contributed by atoms with E-state index in [1.807, 2.05) is 6.20 Å². The molecule has 4 heterocycles. The third kappa shape index (κ3) is 1.69. The van der Waals surface area contributed by atoms with Crippen molar-refractivity contribution in [2.24, 2.45) is 0 Å². The zero-order valence-electron chi connectivity index (χ0n) is 9.98. The van der Waals surface area contributed by atoms with Crippen molar-refractivity contribution in [2.45, 2.75) is 38.3 Å². The average molecular weight is 217 g/mol. The van der Waals surface area contributed by atoms with Gasteiger partial charge in [-0.2, -0.15) is 0 Å². The van der Waals surface area contributed by atoms with Crippen LogP contribution in [0.5, 0.6) is 0 Å².